The first-order valence-electron chi connectivity index (χ1n) is 4.30. The van der Waals surface area contributed by atoms with Crippen LogP contribution in [0.5, 0.6) is 0 Å². The summed E-state index contributed by atoms with van der Waals surface area (Å²) in [5, 5.41) is 0. The number of carbonyl (C=O) groups excluding carboxylic acids is 1. The Balaban J connectivity index is 2.53. The van der Waals surface area contributed by atoms with Gasteiger partial charge in [0.15, 0.2) is 0 Å². The lowest BCUT2D eigenvalue weighted by molar-refractivity contribution is -0.145. The highest BCUT2D eigenvalue weighted by Crippen LogP contribution is 2.20. The predicted octanol–water partition coefficient (Wildman–Crippen LogP) is 1.53. The minimum absolute atomic E-state index is 0.0701. The van der Waals surface area contributed by atoms with E-state index in [0.29, 0.717) is 0 Å². The fourth-order valence-electron chi connectivity index (χ4n) is 1.64. The Morgan fingerprint density at radius 3 is 3.00 bits per heavy atom. The average Bonchev–Trinajstić information content (AvgIpc) is 2.50. The summed E-state index contributed by atoms with van der Waals surface area (Å²) in [6, 6.07) is -0.0701. The molecule has 4 heteroatoms. The van der Waals surface area contributed by atoms with Crippen LogP contribution in [0.3, 0.4) is 0 Å². The first-order valence-corrected chi connectivity index (χ1v) is 5.09. The maximum absolute atomic E-state index is 11.3. The van der Waals surface area contributed by atoms with Crippen molar-refractivity contribution in [1.29, 1.82) is 0 Å². The summed E-state index contributed by atoms with van der Waals surface area (Å²) < 4.78 is 5.63. The highest BCUT2D eigenvalue weighted by Gasteiger charge is 2.31. The number of halogens is 1. The molecule has 1 heterocycles. The standard InChI is InChI=1S/C9H14BrNO2/c1-7(10)6-11-5-3-4-8(11)9(12)13-2/h8H,1,3-6H2,2H3/t8-/m0/s1. The van der Waals surface area contributed by atoms with E-state index in [9.17, 15) is 4.79 Å². The largest absolute Gasteiger partial charge is 0.468 e. The van der Waals surface area contributed by atoms with Crippen LogP contribution in [0.4, 0.5) is 0 Å². The first-order chi connectivity index (χ1) is 6.15. The molecule has 1 rings (SSSR count). The Kier molecular flexibility index (Phi) is 3.93. The molecular weight excluding hydrogens is 234 g/mol. The van der Waals surface area contributed by atoms with Crippen molar-refractivity contribution in [2.45, 2.75) is 18.9 Å². The molecule has 0 aromatic carbocycles. The number of hydrogen-bond donors (Lipinski definition) is 0. The van der Waals surface area contributed by atoms with Gasteiger partial charge in [-0.1, -0.05) is 22.5 Å². The van der Waals surface area contributed by atoms with Gasteiger partial charge in [-0.2, -0.15) is 0 Å². The summed E-state index contributed by atoms with van der Waals surface area (Å²) in [6.45, 7) is 5.43. The second-order valence-corrected chi connectivity index (χ2v) is 4.29. The molecule has 1 fully saturated rings. The SMILES string of the molecule is C=C(Br)CN1CCC[C@H]1C(=O)OC. The lowest BCUT2D eigenvalue weighted by atomic mass is 10.2. The minimum Gasteiger partial charge on any atom is -0.468 e. The quantitative estimate of drug-likeness (QED) is 0.709. The van der Waals surface area contributed by atoms with Crippen LogP contribution in [0, 0.1) is 0 Å². The fourth-order valence-corrected chi connectivity index (χ4v) is 1.96. The molecular formula is C9H14BrNO2. The smallest absolute Gasteiger partial charge is 0.323 e. The summed E-state index contributed by atoms with van der Waals surface area (Å²) in [4.78, 5) is 13.4. The molecule has 13 heavy (non-hydrogen) atoms. The summed E-state index contributed by atoms with van der Waals surface area (Å²) in [7, 11) is 1.43. The zero-order valence-electron chi connectivity index (χ0n) is 7.75. The molecule has 0 aromatic heterocycles. The van der Waals surface area contributed by atoms with Crippen molar-refractivity contribution in [3.8, 4) is 0 Å². The molecule has 0 radical (unpaired) electrons. The van der Waals surface area contributed by atoms with Crippen LogP contribution in [-0.4, -0.2) is 37.1 Å². The molecule has 0 amide bonds. The van der Waals surface area contributed by atoms with Gasteiger partial charge < -0.3 is 4.74 Å². The van der Waals surface area contributed by atoms with E-state index in [4.69, 9.17) is 4.74 Å². The van der Waals surface area contributed by atoms with E-state index < -0.39 is 0 Å². The monoisotopic (exact) mass is 247 g/mol. The fraction of sp³-hybridized carbons (Fsp3) is 0.667. The second kappa shape index (κ2) is 4.77. The Bertz CT molecular complexity index is 218. The van der Waals surface area contributed by atoms with Gasteiger partial charge in [-0.3, -0.25) is 9.69 Å². The van der Waals surface area contributed by atoms with E-state index in [2.05, 4.69) is 27.4 Å². The number of carbonyl (C=O) groups is 1. The molecule has 0 N–H and O–H groups in total. The van der Waals surface area contributed by atoms with E-state index >= 15 is 0 Å². The number of esters is 1. The molecule has 1 aliphatic rings. The van der Waals surface area contributed by atoms with E-state index in [1.165, 1.54) is 7.11 Å². The zero-order valence-corrected chi connectivity index (χ0v) is 9.34. The number of hydrogen-bond acceptors (Lipinski definition) is 3. The van der Waals surface area contributed by atoms with Crippen molar-refractivity contribution in [3.05, 3.63) is 11.1 Å². The van der Waals surface area contributed by atoms with Gasteiger partial charge in [0, 0.05) is 11.0 Å². The highest BCUT2D eigenvalue weighted by molar-refractivity contribution is 9.11. The zero-order chi connectivity index (χ0) is 9.84. The van der Waals surface area contributed by atoms with Crippen LogP contribution in [0.15, 0.2) is 11.1 Å². The van der Waals surface area contributed by atoms with E-state index in [1.807, 2.05) is 0 Å². The van der Waals surface area contributed by atoms with Gasteiger partial charge in [-0.25, -0.2) is 0 Å². The van der Waals surface area contributed by atoms with E-state index in [0.717, 1.165) is 30.4 Å². The van der Waals surface area contributed by atoms with Crippen molar-refractivity contribution in [2.24, 2.45) is 0 Å². The van der Waals surface area contributed by atoms with Crippen LogP contribution in [0.1, 0.15) is 12.8 Å². The van der Waals surface area contributed by atoms with Crippen molar-refractivity contribution in [2.75, 3.05) is 20.2 Å². The van der Waals surface area contributed by atoms with Crippen molar-refractivity contribution in [3.63, 3.8) is 0 Å². The normalized spacial score (nSPS) is 23.1. The summed E-state index contributed by atoms with van der Waals surface area (Å²) in [6.07, 6.45) is 1.95. The Morgan fingerprint density at radius 1 is 1.77 bits per heavy atom. The summed E-state index contributed by atoms with van der Waals surface area (Å²) in [5.41, 5.74) is 0. The molecule has 1 aliphatic heterocycles. The van der Waals surface area contributed by atoms with Crippen molar-refractivity contribution >= 4 is 21.9 Å². The molecule has 0 aliphatic carbocycles. The molecule has 1 saturated heterocycles. The maximum Gasteiger partial charge on any atom is 0.323 e. The van der Waals surface area contributed by atoms with Crippen molar-refractivity contribution < 1.29 is 9.53 Å². The summed E-state index contributed by atoms with van der Waals surface area (Å²) in [5.74, 6) is -0.133. The number of rotatable bonds is 3. The molecule has 0 unspecified atom stereocenters. The van der Waals surface area contributed by atoms with Crippen LogP contribution in [-0.2, 0) is 9.53 Å². The van der Waals surface area contributed by atoms with Crippen LogP contribution >= 0.6 is 15.9 Å². The third-order valence-corrected chi connectivity index (χ3v) is 2.46. The van der Waals surface area contributed by atoms with E-state index in [1.54, 1.807) is 0 Å². The number of methoxy groups -OCH3 is 1. The van der Waals surface area contributed by atoms with Gasteiger partial charge in [0.2, 0.25) is 0 Å². The Morgan fingerprint density at radius 2 is 2.46 bits per heavy atom. The second-order valence-electron chi connectivity index (χ2n) is 3.17. The van der Waals surface area contributed by atoms with Crippen LogP contribution < -0.4 is 0 Å². The molecule has 0 spiro atoms. The third kappa shape index (κ3) is 2.81. The topological polar surface area (TPSA) is 29.5 Å². The lowest BCUT2D eigenvalue weighted by Gasteiger charge is -2.21. The van der Waals surface area contributed by atoms with Gasteiger partial charge in [0.1, 0.15) is 6.04 Å². The minimum atomic E-state index is -0.133. The van der Waals surface area contributed by atoms with Gasteiger partial charge >= 0.3 is 5.97 Å². The van der Waals surface area contributed by atoms with Crippen molar-refractivity contribution in [1.82, 2.24) is 4.90 Å². The average molecular weight is 248 g/mol. The molecule has 3 nitrogen and oxygen atoms in total. The van der Waals surface area contributed by atoms with Crippen LogP contribution in [0.25, 0.3) is 0 Å². The number of nitrogens with zero attached hydrogens (tertiary/aromatic N) is 1. The van der Waals surface area contributed by atoms with Gasteiger partial charge in [-0.15, -0.1) is 0 Å². The Hall–Kier alpha value is -0.350. The molecule has 0 aromatic rings. The van der Waals surface area contributed by atoms with Gasteiger partial charge in [0.25, 0.3) is 0 Å². The third-order valence-electron chi connectivity index (χ3n) is 2.21. The predicted molar refractivity (Wildman–Crippen MR) is 54.7 cm³/mol. The first kappa shape index (κ1) is 10.7. The molecule has 1 atom stereocenters. The molecule has 74 valence electrons. The lowest BCUT2D eigenvalue weighted by Crippen LogP contribution is -2.37. The van der Waals surface area contributed by atoms with Gasteiger partial charge in [0.05, 0.1) is 7.11 Å². The van der Waals surface area contributed by atoms with Crippen LogP contribution in [0.2, 0.25) is 0 Å². The number of likely N-dealkylation sites (tertiary alicyclic amines) is 1. The van der Waals surface area contributed by atoms with Gasteiger partial charge in [-0.05, 0) is 19.4 Å². The maximum atomic E-state index is 11.3. The number of ether oxygens (including phenoxy) is 1. The molecule has 0 bridgehead atoms. The highest BCUT2D eigenvalue weighted by atomic mass is 79.9. The Labute approximate surface area is 86.9 Å². The molecule has 0 saturated carbocycles. The van der Waals surface area contributed by atoms with E-state index in [-0.39, 0.29) is 12.0 Å². The summed E-state index contributed by atoms with van der Waals surface area (Å²) >= 11 is 3.29.